The van der Waals surface area contributed by atoms with Gasteiger partial charge in [-0.15, -0.1) is 0 Å². The number of fused-ring (bicyclic) bond motifs is 1. The van der Waals surface area contributed by atoms with Crippen molar-refractivity contribution in [2.45, 2.75) is 12.8 Å². The summed E-state index contributed by atoms with van der Waals surface area (Å²) in [4.78, 5) is 6.76. The Hall–Kier alpha value is -2.59. The Kier molecular flexibility index (Phi) is 4.53. The van der Waals surface area contributed by atoms with Crippen molar-refractivity contribution in [3.8, 4) is 0 Å². The lowest BCUT2D eigenvalue weighted by Gasteiger charge is -2.17. The highest BCUT2D eigenvalue weighted by Crippen LogP contribution is 2.24. The predicted molar refractivity (Wildman–Crippen MR) is 106 cm³/mol. The minimum Gasteiger partial charge on any atom is -0.372 e. The predicted octanol–water partition coefficient (Wildman–Crippen LogP) is 4.93. The lowest BCUT2D eigenvalue weighted by atomic mass is 10.2. The maximum absolute atomic E-state index is 6.02. The maximum Gasteiger partial charge on any atom is 0.0738 e. The van der Waals surface area contributed by atoms with Crippen LogP contribution in [0.25, 0.3) is 10.9 Å². The molecule has 0 saturated carbocycles. The molecule has 2 aromatic carbocycles. The summed E-state index contributed by atoms with van der Waals surface area (Å²) in [7, 11) is 0. The largest absolute Gasteiger partial charge is 0.372 e. The van der Waals surface area contributed by atoms with E-state index < -0.39 is 0 Å². The third-order valence-corrected chi connectivity index (χ3v) is 4.70. The van der Waals surface area contributed by atoms with Gasteiger partial charge in [0.2, 0.25) is 0 Å². The van der Waals surface area contributed by atoms with Crippen molar-refractivity contribution in [2.75, 3.05) is 23.4 Å². The molecule has 1 aromatic heterocycles. The van der Waals surface area contributed by atoms with E-state index in [9.17, 15) is 0 Å². The SMILES string of the molecule is Clc1ccc2c(N/N=C/c3ccc(N4CCCC4)cc3)ccnc2c1. The van der Waals surface area contributed by atoms with Crippen LogP contribution in [0.1, 0.15) is 18.4 Å². The molecule has 2 heterocycles. The Balaban J connectivity index is 1.47. The number of nitrogens with zero attached hydrogens (tertiary/aromatic N) is 3. The van der Waals surface area contributed by atoms with Crippen LogP contribution in [0.3, 0.4) is 0 Å². The van der Waals surface area contributed by atoms with E-state index in [1.165, 1.54) is 18.5 Å². The van der Waals surface area contributed by atoms with Gasteiger partial charge in [-0.25, -0.2) is 0 Å². The number of hydrogen-bond acceptors (Lipinski definition) is 4. The minimum atomic E-state index is 0.679. The molecule has 5 heteroatoms. The summed E-state index contributed by atoms with van der Waals surface area (Å²) >= 11 is 6.02. The summed E-state index contributed by atoms with van der Waals surface area (Å²) in [6.07, 6.45) is 6.16. The normalized spacial score (nSPS) is 14.5. The van der Waals surface area contributed by atoms with E-state index >= 15 is 0 Å². The van der Waals surface area contributed by atoms with Crippen LogP contribution < -0.4 is 10.3 Å². The number of pyridine rings is 1. The number of aromatic nitrogens is 1. The monoisotopic (exact) mass is 350 g/mol. The Morgan fingerprint density at radius 1 is 1.04 bits per heavy atom. The molecule has 1 fully saturated rings. The molecule has 0 bridgehead atoms. The quantitative estimate of drug-likeness (QED) is 0.535. The third kappa shape index (κ3) is 3.59. The first kappa shape index (κ1) is 15.9. The van der Waals surface area contributed by atoms with Gasteiger partial charge < -0.3 is 4.90 Å². The summed E-state index contributed by atoms with van der Waals surface area (Å²) in [6.45, 7) is 2.32. The number of rotatable bonds is 4. The highest BCUT2D eigenvalue weighted by molar-refractivity contribution is 6.31. The Labute approximate surface area is 152 Å². The Morgan fingerprint density at radius 2 is 1.84 bits per heavy atom. The zero-order valence-electron chi connectivity index (χ0n) is 13.8. The standard InChI is InChI=1S/C20H19ClN4/c21-16-5-8-18-19(9-10-22-20(18)13-16)24-23-14-15-3-6-17(7-4-15)25-11-1-2-12-25/h3-10,13-14H,1-2,11-12H2,(H,22,24)/b23-14+. The molecule has 1 saturated heterocycles. The molecule has 1 aliphatic heterocycles. The van der Waals surface area contributed by atoms with Gasteiger partial charge in [-0.05, 0) is 54.8 Å². The van der Waals surface area contributed by atoms with Gasteiger partial charge in [0.25, 0.3) is 0 Å². The van der Waals surface area contributed by atoms with Crippen LogP contribution in [0.15, 0.2) is 59.8 Å². The van der Waals surface area contributed by atoms with Crippen molar-refractivity contribution in [2.24, 2.45) is 5.10 Å². The van der Waals surface area contributed by atoms with Crippen molar-refractivity contribution < 1.29 is 0 Å². The second-order valence-electron chi connectivity index (χ2n) is 6.18. The second-order valence-corrected chi connectivity index (χ2v) is 6.61. The number of hydrazone groups is 1. The fourth-order valence-electron chi connectivity index (χ4n) is 3.14. The van der Waals surface area contributed by atoms with Crippen LogP contribution in [-0.4, -0.2) is 24.3 Å². The summed E-state index contributed by atoms with van der Waals surface area (Å²) in [5.41, 5.74) is 7.22. The van der Waals surface area contributed by atoms with Crippen molar-refractivity contribution in [3.63, 3.8) is 0 Å². The van der Waals surface area contributed by atoms with Crippen molar-refractivity contribution in [3.05, 3.63) is 65.3 Å². The third-order valence-electron chi connectivity index (χ3n) is 4.47. The zero-order chi connectivity index (χ0) is 17.1. The molecule has 3 aromatic rings. The molecule has 0 unspecified atom stereocenters. The van der Waals surface area contributed by atoms with Gasteiger partial charge in [-0.1, -0.05) is 23.7 Å². The van der Waals surface area contributed by atoms with Gasteiger partial charge >= 0.3 is 0 Å². The van der Waals surface area contributed by atoms with Gasteiger partial charge in [0.1, 0.15) is 0 Å². The Morgan fingerprint density at radius 3 is 2.64 bits per heavy atom. The summed E-state index contributed by atoms with van der Waals surface area (Å²) < 4.78 is 0. The van der Waals surface area contributed by atoms with Gasteiger partial charge in [0.15, 0.2) is 0 Å². The van der Waals surface area contributed by atoms with Crippen LogP contribution in [-0.2, 0) is 0 Å². The van der Waals surface area contributed by atoms with Crippen molar-refractivity contribution >= 4 is 40.1 Å². The molecule has 1 aliphatic rings. The van der Waals surface area contributed by atoms with Gasteiger partial charge in [-0.2, -0.15) is 5.10 Å². The molecule has 0 spiro atoms. The minimum absolute atomic E-state index is 0.679. The lowest BCUT2D eigenvalue weighted by molar-refractivity contribution is 0.949. The van der Waals surface area contributed by atoms with Gasteiger partial charge in [0.05, 0.1) is 17.4 Å². The van der Waals surface area contributed by atoms with Crippen LogP contribution in [0.5, 0.6) is 0 Å². The lowest BCUT2D eigenvalue weighted by Crippen LogP contribution is -2.17. The fourth-order valence-corrected chi connectivity index (χ4v) is 3.31. The van der Waals surface area contributed by atoms with E-state index in [4.69, 9.17) is 11.6 Å². The van der Waals surface area contributed by atoms with E-state index in [-0.39, 0.29) is 0 Å². The molecular formula is C20H19ClN4. The fraction of sp³-hybridized carbons (Fsp3) is 0.200. The van der Waals surface area contributed by atoms with Crippen LogP contribution in [0, 0.1) is 0 Å². The molecule has 0 atom stereocenters. The number of benzene rings is 2. The van der Waals surface area contributed by atoms with E-state index in [1.807, 2.05) is 30.5 Å². The van der Waals surface area contributed by atoms with E-state index in [2.05, 4.69) is 44.7 Å². The van der Waals surface area contributed by atoms with Crippen molar-refractivity contribution in [1.29, 1.82) is 0 Å². The number of halogens is 1. The zero-order valence-corrected chi connectivity index (χ0v) is 14.6. The van der Waals surface area contributed by atoms with E-state index in [1.54, 1.807) is 6.20 Å². The smallest absolute Gasteiger partial charge is 0.0738 e. The molecule has 25 heavy (non-hydrogen) atoms. The molecule has 0 amide bonds. The Bertz CT molecular complexity index is 899. The molecule has 1 N–H and O–H groups in total. The van der Waals surface area contributed by atoms with Gasteiger partial charge in [0, 0.05) is 35.4 Å². The first-order valence-electron chi connectivity index (χ1n) is 8.48. The van der Waals surface area contributed by atoms with E-state index in [0.29, 0.717) is 5.02 Å². The van der Waals surface area contributed by atoms with Crippen LogP contribution >= 0.6 is 11.6 Å². The van der Waals surface area contributed by atoms with Crippen molar-refractivity contribution in [1.82, 2.24) is 4.98 Å². The van der Waals surface area contributed by atoms with Gasteiger partial charge in [-0.3, -0.25) is 10.4 Å². The average molecular weight is 351 g/mol. The van der Waals surface area contributed by atoms with E-state index in [0.717, 1.165) is 35.2 Å². The summed E-state index contributed by atoms with van der Waals surface area (Å²) in [5.74, 6) is 0. The molecular weight excluding hydrogens is 332 g/mol. The molecule has 126 valence electrons. The second kappa shape index (κ2) is 7.11. The summed E-state index contributed by atoms with van der Waals surface area (Å²) in [5, 5.41) is 6.04. The number of anilines is 2. The highest BCUT2D eigenvalue weighted by Gasteiger charge is 2.11. The number of hydrogen-bond donors (Lipinski definition) is 1. The molecule has 4 rings (SSSR count). The van der Waals surface area contributed by atoms with Crippen LogP contribution in [0.2, 0.25) is 5.02 Å². The first-order chi connectivity index (χ1) is 12.3. The highest BCUT2D eigenvalue weighted by atomic mass is 35.5. The average Bonchev–Trinajstić information content (AvgIpc) is 3.17. The molecule has 4 nitrogen and oxygen atoms in total. The maximum atomic E-state index is 6.02. The number of nitrogens with one attached hydrogen (secondary N) is 1. The summed E-state index contributed by atoms with van der Waals surface area (Å²) in [6, 6.07) is 16.1. The topological polar surface area (TPSA) is 40.5 Å². The first-order valence-corrected chi connectivity index (χ1v) is 8.86. The molecule has 0 aliphatic carbocycles. The van der Waals surface area contributed by atoms with Crippen LogP contribution in [0.4, 0.5) is 11.4 Å². The molecule has 0 radical (unpaired) electrons.